The molecule has 1 aliphatic carbocycles. The molecular weight excluding hydrogens is 344 g/mol. The Bertz CT molecular complexity index is 862. The van der Waals surface area contributed by atoms with Gasteiger partial charge in [-0.25, -0.2) is 4.79 Å². The van der Waals surface area contributed by atoms with E-state index in [0.29, 0.717) is 16.9 Å². The number of benzene rings is 2. The van der Waals surface area contributed by atoms with Crippen LogP contribution in [0.2, 0.25) is 0 Å². The Morgan fingerprint density at radius 1 is 1.00 bits per heavy atom. The second-order valence-corrected chi connectivity index (χ2v) is 6.52. The fraction of sp³-hybridized carbons (Fsp3) is 0.250. The Morgan fingerprint density at radius 3 is 2.52 bits per heavy atom. The average molecular weight is 366 g/mol. The maximum atomic E-state index is 12.3. The Hall–Kier alpha value is -3.35. The summed E-state index contributed by atoms with van der Waals surface area (Å²) in [6.45, 7) is 1.71. The number of hydrogen-bond donors (Lipinski definition) is 4. The molecule has 4 N–H and O–H groups in total. The molecule has 0 heterocycles. The second kappa shape index (κ2) is 8.35. The van der Waals surface area contributed by atoms with Gasteiger partial charge in [0.15, 0.2) is 0 Å². The molecule has 0 unspecified atom stereocenters. The van der Waals surface area contributed by atoms with Crippen LogP contribution in [-0.2, 0) is 4.79 Å². The molecule has 3 rings (SSSR count). The van der Waals surface area contributed by atoms with Crippen LogP contribution in [0.5, 0.6) is 0 Å². The molecule has 0 bridgehead atoms. The highest BCUT2D eigenvalue weighted by molar-refractivity contribution is 6.05. The number of nitrogens with one attached hydrogen (secondary N) is 4. The minimum atomic E-state index is -0.476. The lowest BCUT2D eigenvalue weighted by Gasteiger charge is -2.12. The molecule has 0 aliphatic heterocycles. The highest BCUT2D eigenvalue weighted by atomic mass is 16.2. The zero-order valence-electron chi connectivity index (χ0n) is 15.0. The highest BCUT2D eigenvalue weighted by Gasteiger charge is 2.25. The summed E-state index contributed by atoms with van der Waals surface area (Å²) in [6.07, 6.45) is 1.97. The smallest absolute Gasteiger partial charge is 0.319 e. The number of anilines is 2. The SMILES string of the molecule is Cc1cccc(NC(=O)NCC(=O)Nc2ccccc2C(=O)NC2CC2)c1. The lowest BCUT2D eigenvalue weighted by Crippen LogP contribution is -2.36. The van der Waals surface area contributed by atoms with Crippen LogP contribution in [-0.4, -0.2) is 30.4 Å². The molecule has 0 saturated heterocycles. The highest BCUT2D eigenvalue weighted by Crippen LogP contribution is 2.21. The quantitative estimate of drug-likeness (QED) is 0.632. The van der Waals surface area contributed by atoms with Crippen molar-refractivity contribution in [1.29, 1.82) is 0 Å². The van der Waals surface area contributed by atoms with Crippen LogP contribution >= 0.6 is 0 Å². The van der Waals surface area contributed by atoms with Crippen molar-refractivity contribution < 1.29 is 14.4 Å². The van der Waals surface area contributed by atoms with E-state index in [9.17, 15) is 14.4 Å². The third kappa shape index (κ3) is 5.57. The van der Waals surface area contributed by atoms with Crippen LogP contribution in [0.3, 0.4) is 0 Å². The fourth-order valence-corrected chi connectivity index (χ4v) is 2.53. The summed E-state index contributed by atoms with van der Waals surface area (Å²) in [6, 6.07) is 13.9. The number of para-hydroxylation sites is 1. The van der Waals surface area contributed by atoms with Crippen LogP contribution < -0.4 is 21.3 Å². The Balaban J connectivity index is 1.52. The summed E-state index contributed by atoms with van der Waals surface area (Å²) in [5.41, 5.74) is 2.49. The lowest BCUT2D eigenvalue weighted by atomic mass is 10.1. The molecule has 4 amide bonds. The van der Waals surface area contributed by atoms with Crippen molar-refractivity contribution in [2.75, 3.05) is 17.2 Å². The maximum absolute atomic E-state index is 12.3. The molecule has 0 atom stereocenters. The fourth-order valence-electron chi connectivity index (χ4n) is 2.53. The summed E-state index contributed by atoms with van der Waals surface area (Å²) >= 11 is 0. The molecule has 1 aliphatic rings. The van der Waals surface area contributed by atoms with Crippen molar-refractivity contribution in [3.8, 4) is 0 Å². The van der Waals surface area contributed by atoms with E-state index in [1.165, 1.54) is 0 Å². The summed E-state index contributed by atoms with van der Waals surface area (Å²) < 4.78 is 0. The lowest BCUT2D eigenvalue weighted by molar-refractivity contribution is -0.115. The van der Waals surface area contributed by atoms with Gasteiger partial charge >= 0.3 is 6.03 Å². The monoisotopic (exact) mass is 366 g/mol. The molecule has 0 aromatic heterocycles. The van der Waals surface area contributed by atoms with E-state index in [4.69, 9.17) is 0 Å². The van der Waals surface area contributed by atoms with Crippen LogP contribution in [0.4, 0.5) is 16.2 Å². The molecular formula is C20H22N4O3. The molecule has 1 saturated carbocycles. The average Bonchev–Trinajstić information content (AvgIpc) is 3.44. The molecule has 7 nitrogen and oxygen atoms in total. The zero-order chi connectivity index (χ0) is 19.2. The molecule has 7 heteroatoms. The third-order valence-corrected chi connectivity index (χ3v) is 4.04. The van der Waals surface area contributed by atoms with Crippen LogP contribution in [0, 0.1) is 6.92 Å². The Labute approximate surface area is 157 Å². The van der Waals surface area contributed by atoms with Gasteiger partial charge in [-0.2, -0.15) is 0 Å². The van der Waals surface area contributed by atoms with Gasteiger partial charge in [-0.1, -0.05) is 24.3 Å². The molecule has 140 valence electrons. The summed E-state index contributed by atoms with van der Waals surface area (Å²) in [5, 5.41) is 10.7. The normalized spacial score (nSPS) is 12.8. The Morgan fingerprint density at radius 2 is 1.78 bits per heavy atom. The first-order valence-electron chi connectivity index (χ1n) is 8.82. The number of urea groups is 1. The molecule has 2 aromatic rings. The van der Waals surface area contributed by atoms with Gasteiger partial charge in [-0.3, -0.25) is 9.59 Å². The van der Waals surface area contributed by atoms with Crippen molar-refractivity contribution in [1.82, 2.24) is 10.6 Å². The Kier molecular flexibility index (Phi) is 5.71. The number of carbonyl (C=O) groups is 3. The summed E-state index contributed by atoms with van der Waals surface area (Å²) in [4.78, 5) is 36.3. The summed E-state index contributed by atoms with van der Waals surface area (Å²) in [5.74, 6) is -0.625. The van der Waals surface area contributed by atoms with Crippen molar-refractivity contribution >= 4 is 29.2 Å². The minimum Gasteiger partial charge on any atom is -0.349 e. The third-order valence-electron chi connectivity index (χ3n) is 4.04. The number of amides is 4. The van der Waals surface area contributed by atoms with E-state index in [1.54, 1.807) is 30.3 Å². The van der Waals surface area contributed by atoms with Crippen LogP contribution in [0.25, 0.3) is 0 Å². The molecule has 0 spiro atoms. The first kappa shape index (κ1) is 18.4. The topological polar surface area (TPSA) is 99.3 Å². The van der Waals surface area contributed by atoms with Crippen molar-refractivity contribution in [2.45, 2.75) is 25.8 Å². The van der Waals surface area contributed by atoms with Crippen molar-refractivity contribution in [2.24, 2.45) is 0 Å². The van der Waals surface area contributed by atoms with Crippen molar-refractivity contribution in [3.05, 3.63) is 59.7 Å². The number of aryl methyl sites for hydroxylation is 1. The van der Waals surface area contributed by atoms with Gasteiger partial charge in [0.25, 0.3) is 5.91 Å². The largest absolute Gasteiger partial charge is 0.349 e. The van der Waals surface area contributed by atoms with Gasteiger partial charge in [0.1, 0.15) is 0 Å². The van der Waals surface area contributed by atoms with Gasteiger partial charge in [-0.05, 0) is 49.6 Å². The molecule has 1 fully saturated rings. The van der Waals surface area contributed by atoms with Gasteiger partial charge in [0.2, 0.25) is 5.91 Å². The minimum absolute atomic E-state index is 0.210. The van der Waals surface area contributed by atoms with E-state index in [1.807, 2.05) is 25.1 Å². The van der Waals surface area contributed by atoms with Crippen LogP contribution in [0.15, 0.2) is 48.5 Å². The van der Waals surface area contributed by atoms with Gasteiger partial charge in [0, 0.05) is 11.7 Å². The second-order valence-electron chi connectivity index (χ2n) is 6.52. The predicted octanol–water partition coefficient (Wildman–Crippen LogP) is 2.65. The molecule has 2 aromatic carbocycles. The van der Waals surface area contributed by atoms with Crippen molar-refractivity contribution in [3.63, 3.8) is 0 Å². The first-order chi connectivity index (χ1) is 13.0. The number of carbonyl (C=O) groups excluding carboxylic acids is 3. The van der Waals surface area contributed by atoms with Gasteiger partial charge in [-0.15, -0.1) is 0 Å². The van der Waals surface area contributed by atoms with E-state index < -0.39 is 11.9 Å². The summed E-state index contributed by atoms with van der Waals surface area (Å²) in [7, 11) is 0. The molecule has 27 heavy (non-hydrogen) atoms. The number of rotatable bonds is 6. The van der Waals surface area contributed by atoms with E-state index >= 15 is 0 Å². The standard InChI is InChI=1S/C20H22N4O3/c1-13-5-4-6-15(11-13)23-20(27)21-12-18(25)24-17-8-3-2-7-16(17)19(26)22-14-9-10-14/h2-8,11,14H,9-10,12H2,1H3,(H,22,26)(H,24,25)(H2,21,23,27). The van der Waals surface area contributed by atoms with Gasteiger partial charge in [0.05, 0.1) is 17.8 Å². The van der Waals surface area contributed by atoms with E-state index in [2.05, 4.69) is 21.3 Å². The number of hydrogen-bond acceptors (Lipinski definition) is 3. The van der Waals surface area contributed by atoms with Gasteiger partial charge < -0.3 is 21.3 Å². The zero-order valence-corrected chi connectivity index (χ0v) is 15.0. The maximum Gasteiger partial charge on any atom is 0.319 e. The van der Waals surface area contributed by atoms with E-state index in [0.717, 1.165) is 18.4 Å². The van der Waals surface area contributed by atoms with E-state index in [-0.39, 0.29) is 18.5 Å². The molecule has 0 radical (unpaired) electrons. The predicted molar refractivity (Wildman–Crippen MR) is 104 cm³/mol. The first-order valence-corrected chi connectivity index (χ1v) is 8.82. The van der Waals surface area contributed by atoms with Crippen LogP contribution in [0.1, 0.15) is 28.8 Å².